The lowest BCUT2D eigenvalue weighted by Crippen LogP contribution is -2.61. The average Bonchev–Trinajstić information content (AvgIpc) is 3.41. The first kappa shape index (κ1) is 70.4. The molecule has 0 aromatic carbocycles. The first-order chi connectivity index (χ1) is 36.7. The lowest BCUT2D eigenvalue weighted by atomic mass is 9.99. The van der Waals surface area contributed by atoms with E-state index in [1.165, 1.54) is 154 Å². The number of allylic oxidation sites excluding steroid dienone is 9. The fourth-order valence-electron chi connectivity index (χ4n) is 9.60. The molecule has 436 valence electrons. The van der Waals surface area contributed by atoms with Crippen molar-refractivity contribution in [1.82, 2.24) is 5.32 Å². The summed E-state index contributed by atoms with van der Waals surface area (Å²) in [5.74, 6) is -1.21. The molecule has 1 heterocycles. The van der Waals surface area contributed by atoms with Crippen LogP contribution in [-0.4, -0.2) is 99.6 Å². The molecule has 8 unspecified atom stereocenters. The van der Waals surface area contributed by atoms with Crippen molar-refractivity contribution in [3.63, 3.8) is 0 Å². The normalized spacial score (nSPS) is 19.6. The van der Waals surface area contributed by atoms with E-state index >= 15 is 0 Å². The Bertz CT molecular complexity index is 1450. The van der Waals surface area contributed by atoms with E-state index in [2.05, 4.69) is 38.2 Å². The van der Waals surface area contributed by atoms with Gasteiger partial charge in [0, 0.05) is 6.42 Å². The van der Waals surface area contributed by atoms with Crippen LogP contribution in [0.4, 0.5) is 0 Å². The van der Waals surface area contributed by atoms with E-state index in [-0.39, 0.29) is 19.4 Å². The molecule has 0 bridgehead atoms. The summed E-state index contributed by atoms with van der Waals surface area (Å²) in [5, 5.41) is 56.9. The Hall–Kier alpha value is -2.64. The number of aliphatic hydroxyl groups excluding tert-OH is 5. The molecule has 11 heteroatoms. The Morgan fingerprint density at radius 1 is 0.533 bits per heavy atom. The van der Waals surface area contributed by atoms with E-state index in [1.54, 1.807) is 6.08 Å². The van der Waals surface area contributed by atoms with E-state index in [9.17, 15) is 35.1 Å². The number of unbranched alkanes of at least 4 members (excludes halogenated alkanes) is 33. The SMILES string of the molecule is CC/C=C/C=C/C=C/C=C\CCCCCCC(O)C(=O)NC(COC1OC(CO)C(O)C(O)C1OC(=O)CCCCCCCCCCCCCCCCCCCCC)C(O)/C=C/CCCCCCCCCCCCC. The Balaban J connectivity index is 2.69. The Kier molecular flexibility index (Phi) is 48.9. The molecule has 1 fully saturated rings. The summed E-state index contributed by atoms with van der Waals surface area (Å²) >= 11 is 0. The number of carbonyl (C=O) groups excluding carboxylic acids is 2. The van der Waals surface area contributed by atoms with E-state index in [4.69, 9.17) is 14.2 Å². The average molecular weight is 1060 g/mol. The molecule has 75 heavy (non-hydrogen) atoms. The summed E-state index contributed by atoms with van der Waals surface area (Å²) in [6.07, 6.45) is 54.0. The van der Waals surface area contributed by atoms with Crippen LogP contribution in [0, 0.1) is 0 Å². The largest absolute Gasteiger partial charge is 0.454 e. The van der Waals surface area contributed by atoms with Crippen LogP contribution in [0.2, 0.25) is 0 Å². The molecule has 1 aliphatic heterocycles. The smallest absolute Gasteiger partial charge is 0.306 e. The number of esters is 1. The van der Waals surface area contributed by atoms with Gasteiger partial charge in [0.15, 0.2) is 12.4 Å². The third-order valence-electron chi connectivity index (χ3n) is 14.5. The van der Waals surface area contributed by atoms with Gasteiger partial charge in [-0.3, -0.25) is 9.59 Å². The number of ether oxygens (including phenoxy) is 3. The van der Waals surface area contributed by atoms with Gasteiger partial charge in [0.2, 0.25) is 5.91 Å². The first-order valence-corrected chi connectivity index (χ1v) is 31.1. The van der Waals surface area contributed by atoms with E-state index in [0.29, 0.717) is 12.8 Å². The standard InChI is InChI=1S/C64H115NO10/c1-4-7-10-13-16-19-22-25-27-28-29-30-31-34-37-40-43-46-49-52-59(69)75-62-61(71)60(70)58(53-66)74-64(62)73-54-55(56(67)50-47-44-41-38-35-32-24-21-18-15-12-9-6-3)65-63(72)57(68)51-48-45-42-39-36-33-26-23-20-17-14-11-8-5-2/h8,11,14,17,20,23,26,33,47,50,55-58,60-62,64,66-68,70-71H,4-7,9-10,12-13,15-16,18-19,21-22,24-25,27-32,34-46,48-49,51-54H2,1-3H3,(H,65,72)/b11-8+,17-14+,23-20+,33-26-,50-47+. The molecule has 0 aliphatic carbocycles. The minimum Gasteiger partial charge on any atom is -0.454 e. The van der Waals surface area contributed by atoms with Crippen LogP contribution in [0.5, 0.6) is 0 Å². The number of amides is 1. The maximum atomic E-state index is 13.4. The van der Waals surface area contributed by atoms with E-state index < -0.39 is 67.4 Å². The van der Waals surface area contributed by atoms with Crippen molar-refractivity contribution >= 4 is 11.9 Å². The highest BCUT2D eigenvalue weighted by Crippen LogP contribution is 2.26. The summed E-state index contributed by atoms with van der Waals surface area (Å²) in [7, 11) is 0. The Morgan fingerprint density at radius 3 is 1.44 bits per heavy atom. The van der Waals surface area contributed by atoms with Gasteiger partial charge in [0.25, 0.3) is 0 Å². The lowest BCUT2D eigenvalue weighted by molar-refractivity contribution is -0.305. The molecule has 1 rings (SSSR count). The molecule has 1 aliphatic rings. The number of nitrogens with one attached hydrogen (secondary N) is 1. The second kappa shape index (κ2) is 52.1. The van der Waals surface area contributed by atoms with Crippen molar-refractivity contribution in [1.29, 1.82) is 0 Å². The second-order valence-electron chi connectivity index (χ2n) is 21.5. The van der Waals surface area contributed by atoms with Crippen molar-refractivity contribution in [3.8, 4) is 0 Å². The van der Waals surface area contributed by atoms with Gasteiger partial charge >= 0.3 is 5.97 Å². The molecule has 6 N–H and O–H groups in total. The molecule has 8 atom stereocenters. The Labute approximate surface area is 458 Å². The van der Waals surface area contributed by atoms with Gasteiger partial charge in [-0.05, 0) is 44.9 Å². The Morgan fingerprint density at radius 2 is 0.960 bits per heavy atom. The molecular weight excluding hydrogens is 943 g/mol. The van der Waals surface area contributed by atoms with Gasteiger partial charge in [-0.1, -0.05) is 281 Å². The van der Waals surface area contributed by atoms with Crippen molar-refractivity contribution in [2.24, 2.45) is 0 Å². The van der Waals surface area contributed by atoms with Crippen molar-refractivity contribution < 1.29 is 49.3 Å². The fraction of sp³-hybridized carbons (Fsp3) is 0.812. The summed E-state index contributed by atoms with van der Waals surface area (Å²) in [6, 6.07) is -1.04. The number of aliphatic hydroxyl groups is 5. The zero-order valence-electron chi connectivity index (χ0n) is 48.2. The van der Waals surface area contributed by atoms with Crippen molar-refractivity contribution in [3.05, 3.63) is 60.8 Å². The van der Waals surface area contributed by atoms with Crippen LogP contribution in [0.3, 0.4) is 0 Å². The third-order valence-corrected chi connectivity index (χ3v) is 14.5. The number of carbonyl (C=O) groups is 2. The molecule has 0 aromatic rings. The minimum absolute atomic E-state index is 0.123. The van der Waals surface area contributed by atoms with Crippen LogP contribution in [0.1, 0.15) is 271 Å². The molecule has 0 radical (unpaired) electrons. The predicted molar refractivity (Wildman–Crippen MR) is 310 cm³/mol. The van der Waals surface area contributed by atoms with Crippen LogP contribution in [-0.2, 0) is 23.8 Å². The zero-order chi connectivity index (χ0) is 54.7. The summed E-state index contributed by atoms with van der Waals surface area (Å²) < 4.78 is 17.6. The highest BCUT2D eigenvalue weighted by molar-refractivity contribution is 5.80. The van der Waals surface area contributed by atoms with Crippen LogP contribution in [0.15, 0.2) is 60.8 Å². The monoisotopic (exact) mass is 1060 g/mol. The van der Waals surface area contributed by atoms with Gasteiger partial charge < -0.3 is 45.1 Å². The molecule has 0 spiro atoms. The van der Waals surface area contributed by atoms with E-state index in [0.717, 1.165) is 70.6 Å². The highest BCUT2D eigenvalue weighted by Gasteiger charge is 2.47. The third kappa shape index (κ3) is 40.2. The van der Waals surface area contributed by atoms with Gasteiger partial charge in [-0.15, -0.1) is 0 Å². The number of hydrogen-bond donors (Lipinski definition) is 6. The molecule has 1 amide bonds. The summed E-state index contributed by atoms with van der Waals surface area (Å²) in [6.45, 7) is 5.65. The fourth-order valence-corrected chi connectivity index (χ4v) is 9.60. The van der Waals surface area contributed by atoms with Gasteiger partial charge in [0.05, 0.1) is 25.4 Å². The minimum atomic E-state index is -1.62. The van der Waals surface area contributed by atoms with Crippen LogP contribution in [0.25, 0.3) is 0 Å². The molecule has 0 aromatic heterocycles. The quantitative estimate of drug-likeness (QED) is 0.0149. The summed E-state index contributed by atoms with van der Waals surface area (Å²) in [5.41, 5.74) is 0. The van der Waals surface area contributed by atoms with Crippen molar-refractivity contribution in [2.75, 3.05) is 13.2 Å². The van der Waals surface area contributed by atoms with E-state index in [1.807, 2.05) is 42.5 Å². The maximum Gasteiger partial charge on any atom is 0.306 e. The maximum absolute atomic E-state index is 13.4. The molecule has 1 saturated heterocycles. The first-order valence-electron chi connectivity index (χ1n) is 31.1. The van der Waals surface area contributed by atoms with Gasteiger partial charge in [-0.2, -0.15) is 0 Å². The molecular formula is C64H115NO10. The number of rotatable bonds is 52. The van der Waals surface area contributed by atoms with Crippen LogP contribution >= 0.6 is 0 Å². The van der Waals surface area contributed by atoms with Gasteiger partial charge in [-0.25, -0.2) is 0 Å². The summed E-state index contributed by atoms with van der Waals surface area (Å²) in [4.78, 5) is 26.5. The lowest BCUT2D eigenvalue weighted by Gasteiger charge is -2.41. The molecule has 0 saturated carbocycles. The van der Waals surface area contributed by atoms with Gasteiger partial charge in [0.1, 0.15) is 24.4 Å². The second-order valence-corrected chi connectivity index (χ2v) is 21.5. The highest BCUT2D eigenvalue weighted by atomic mass is 16.7. The zero-order valence-corrected chi connectivity index (χ0v) is 48.2. The van der Waals surface area contributed by atoms with Crippen molar-refractivity contribution in [2.45, 2.75) is 320 Å². The topological polar surface area (TPSA) is 175 Å². The molecule has 11 nitrogen and oxygen atoms in total. The predicted octanol–water partition coefficient (Wildman–Crippen LogP) is 14.6. The van der Waals surface area contributed by atoms with Crippen LogP contribution < -0.4 is 5.32 Å². The number of hydrogen-bond acceptors (Lipinski definition) is 10.